The fourth-order valence-electron chi connectivity index (χ4n) is 10.9. The van der Waals surface area contributed by atoms with Crippen LogP contribution >= 0.6 is 0 Å². The number of carbonyl (C=O) groups excluding carboxylic acids is 5. The number of para-hydroxylation sites is 1. The molecule has 0 spiro atoms. The number of hydrogen-bond acceptors (Lipinski definition) is 9. The molecular formula is C61H82N8O8. The van der Waals surface area contributed by atoms with Gasteiger partial charge in [-0.1, -0.05) is 72.8 Å². The highest BCUT2D eigenvalue weighted by Gasteiger charge is 2.38. The van der Waals surface area contributed by atoms with Crippen LogP contribution in [-0.4, -0.2) is 93.9 Å². The summed E-state index contributed by atoms with van der Waals surface area (Å²) >= 11 is 0. The van der Waals surface area contributed by atoms with E-state index in [-0.39, 0.29) is 72.7 Å². The van der Waals surface area contributed by atoms with E-state index in [0.29, 0.717) is 90.6 Å². The third kappa shape index (κ3) is 21.2. The van der Waals surface area contributed by atoms with Crippen LogP contribution in [-0.2, 0) is 65.7 Å². The first kappa shape index (κ1) is 59.3. The minimum absolute atomic E-state index is 0.00146. The lowest BCUT2D eigenvalue weighted by Crippen LogP contribution is -2.53. The van der Waals surface area contributed by atoms with Gasteiger partial charge in [0.15, 0.2) is 0 Å². The molecule has 0 aliphatic carbocycles. The quantitative estimate of drug-likeness (QED) is 0.0191. The van der Waals surface area contributed by atoms with Crippen LogP contribution < -0.4 is 27.4 Å². The molecule has 1 aromatic heterocycles. The van der Waals surface area contributed by atoms with E-state index in [0.717, 1.165) is 83.9 Å². The molecule has 2 heterocycles. The normalized spacial score (nSPS) is 16.4. The lowest BCUT2D eigenvalue weighted by molar-refractivity contribution is -0.137. The minimum atomic E-state index is -0.812. The Kier molecular flexibility index (Phi) is 24.6. The molecule has 5 amide bonds. The highest BCUT2D eigenvalue weighted by atomic mass is 16.5. The van der Waals surface area contributed by atoms with Crippen molar-refractivity contribution in [1.82, 2.24) is 25.5 Å². The number of carboxylic acid groups (broad SMARTS) is 1. The number of aliphatic carboxylic acids is 1. The number of unbranched alkanes of at least 4 members (excludes halogenated alkanes) is 1. The van der Waals surface area contributed by atoms with E-state index < -0.39 is 12.0 Å². The molecule has 16 nitrogen and oxygen atoms in total. The molecule has 9 N–H and O–H groups in total. The Balaban J connectivity index is 0.989. The standard InChI is InChI=1S/C61H82N8O8/c1-2-77-52(32-34-69-41-49(28-22-43-13-5-3-6-14-43)48(17-12-21-60(74)75)38-55(69)61(63)76)29-24-44(37-59(73)68-51-18-7-4-8-19-51)15-11-20-57(71)64-33-10-9-16-47-27-23-45(26-31-56(62)70)35-50(47)39-58(72)65-40-46-25-30-53-54(36-46)67-42-66-53/h3-8,13-14,18-19,23,25,27,30,35-36,42,44,48-49,52,55H,2,9-12,15-17,20-22,24,26,28-29,31-34,37-41H2,1H3,(H2,62,70)(H2,63,76)(H,64,71)(H,65,72)(H,66,67)(H,68,73)(H,74,75). The van der Waals surface area contributed by atoms with Gasteiger partial charge in [-0.2, -0.15) is 0 Å². The number of piperidine rings is 1. The van der Waals surface area contributed by atoms with Crippen LogP contribution in [0, 0.1) is 17.8 Å². The number of nitrogens with one attached hydrogen (secondary N) is 4. The van der Waals surface area contributed by atoms with Crippen molar-refractivity contribution >= 4 is 52.2 Å². The number of nitrogens with two attached hydrogens (primary N) is 2. The molecule has 1 aliphatic heterocycles. The summed E-state index contributed by atoms with van der Waals surface area (Å²) in [5.74, 6) is -1.30. The maximum absolute atomic E-state index is 13.4. The third-order valence-electron chi connectivity index (χ3n) is 15.1. The van der Waals surface area contributed by atoms with E-state index in [4.69, 9.17) is 16.2 Å². The van der Waals surface area contributed by atoms with Gasteiger partial charge in [-0.25, -0.2) is 4.98 Å². The number of H-pyrrole nitrogens is 1. The Morgan fingerprint density at radius 3 is 2.26 bits per heavy atom. The number of benzene rings is 4. The molecule has 5 aromatic rings. The Labute approximate surface area is 454 Å². The first-order valence-electron chi connectivity index (χ1n) is 27.9. The van der Waals surface area contributed by atoms with Gasteiger partial charge in [0.25, 0.3) is 0 Å². The molecule has 0 saturated carbocycles. The van der Waals surface area contributed by atoms with Gasteiger partial charge in [0.2, 0.25) is 29.5 Å². The number of carbonyl (C=O) groups is 6. The summed E-state index contributed by atoms with van der Waals surface area (Å²) in [7, 11) is 0. The second-order valence-corrected chi connectivity index (χ2v) is 20.9. The van der Waals surface area contributed by atoms with Crippen molar-refractivity contribution in [2.45, 2.75) is 148 Å². The molecule has 5 atom stereocenters. The zero-order valence-electron chi connectivity index (χ0n) is 45.0. The van der Waals surface area contributed by atoms with Crippen molar-refractivity contribution in [1.29, 1.82) is 0 Å². The summed E-state index contributed by atoms with van der Waals surface area (Å²) < 4.78 is 6.32. The molecule has 77 heavy (non-hydrogen) atoms. The van der Waals surface area contributed by atoms with Gasteiger partial charge >= 0.3 is 5.97 Å². The Hall–Kier alpha value is -6.91. The lowest BCUT2D eigenvalue weighted by Gasteiger charge is -2.43. The number of nitrogens with zero attached hydrogens (tertiary/aromatic N) is 2. The number of hydrogen-bond donors (Lipinski definition) is 7. The van der Waals surface area contributed by atoms with Gasteiger partial charge in [0.1, 0.15) is 0 Å². The number of aromatic amines is 1. The second kappa shape index (κ2) is 32.0. The summed E-state index contributed by atoms with van der Waals surface area (Å²) in [5, 5.41) is 18.5. The number of primary amides is 2. The zero-order chi connectivity index (χ0) is 54.8. The van der Waals surface area contributed by atoms with Crippen LogP contribution in [0.15, 0.2) is 103 Å². The predicted octanol–water partition coefficient (Wildman–Crippen LogP) is 8.35. The number of carboxylic acids is 1. The molecule has 6 rings (SSSR count). The average Bonchev–Trinajstić information content (AvgIpc) is 3.89. The van der Waals surface area contributed by atoms with Gasteiger partial charge in [-0.3, -0.25) is 33.7 Å². The number of aromatic nitrogens is 2. The maximum Gasteiger partial charge on any atom is 0.303 e. The predicted molar refractivity (Wildman–Crippen MR) is 300 cm³/mol. The number of aryl methyl sites for hydroxylation is 3. The van der Waals surface area contributed by atoms with E-state index in [1.54, 1.807) is 6.33 Å². The Bertz CT molecular complexity index is 2640. The molecule has 414 valence electrons. The number of fused-ring (bicyclic) bond motifs is 1. The molecule has 5 unspecified atom stereocenters. The summed E-state index contributed by atoms with van der Waals surface area (Å²) in [6, 6.07) is 31.1. The van der Waals surface area contributed by atoms with E-state index in [1.165, 1.54) is 5.56 Å². The van der Waals surface area contributed by atoms with Crippen molar-refractivity contribution < 1.29 is 38.6 Å². The zero-order valence-corrected chi connectivity index (χ0v) is 45.0. The van der Waals surface area contributed by atoms with Gasteiger partial charge in [-0.15, -0.1) is 0 Å². The second-order valence-electron chi connectivity index (χ2n) is 20.9. The topological polar surface area (TPSA) is 252 Å². The van der Waals surface area contributed by atoms with E-state index in [1.807, 2.05) is 91.9 Å². The fraction of sp³-hybridized carbons (Fsp3) is 0.492. The van der Waals surface area contributed by atoms with Gasteiger partial charge in [-0.05, 0) is 167 Å². The molecule has 1 fully saturated rings. The monoisotopic (exact) mass is 1050 g/mol. The molecule has 0 bridgehead atoms. The Morgan fingerprint density at radius 2 is 1.51 bits per heavy atom. The highest BCUT2D eigenvalue weighted by molar-refractivity contribution is 5.90. The van der Waals surface area contributed by atoms with E-state index >= 15 is 0 Å². The van der Waals surface area contributed by atoms with Crippen molar-refractivity contribution in [3.8, 4) is 0 Å². The van der Waals surface area contributed by atoms with E-state index in [2.05, 4.69) is 43.0 Å². The van der Waals surface area contributed by atoms with Crippen LogP contribution in [0.25, 0.3) is 11.0 Å². The third-order valence-corrected chi connectivity index (χ3v) is 15.1. The number of ether oxygens (including phenoxy) is 1. The summed E-state index contributed by atoms with van der Waals surface area (Å²) in [6.45, 7) is 4.70. The number of rotatable bonds is 35. The molecule has 1 aliphatic rings. The van der Waals surface area contributed by atoms with Crippen LogP contribution in [0.1, 0.15) is 131 Å². The number of imidazole rings is 1. The minimum Gasteiger partial charge on any atom is -0.481 e. The lowest BCUT2D eigenvalue weighted by atomic mass is 9.76. The van der Waals surface area contributed by atoms with Crippen molar-refractivity contribution in [2.24, 2.45) is 29.2 Å². The summed E-state index contributed by atoms with van der Waals surface area (Å²) in [4.78, 5) is 85.4. The van der Waals surface area contributed by atoms with Crippen LogP contribution in [0.5, 0.6) is 0 Å². The van der Waals surface area contributed by atoms with Crippen LogP contribution in [0.3, 0.4) is 0 Å². The fourth-order valence-corrected chi connectivity index (χ4v) is 10.9. The molecule has 16 heteroatoms. The van der Waals surface area contributed by atoms with Crippen molar-refractivity contribution in [2.75, 3.05) is 31.6 Å². The first-order chi connectivity index (χ1) is 37.3. The molecular weight excluding hydrogens is 973 g/mol. The van der Waals surface area contributed by atoms with Gasteiger partial charge in [0.05, 0.1) is 35.9 Å². The van der Waals surface area contributed by atoms with Crippen LogP contribution in [0.4, 0.5) is 5.69 Å². The number of likely N-dealkylation sites (tertiary alicyclic amines) is 1. The smallest absolute Gasteiger partial charge is 0.303 e. The van der Waals surface area contributed by atoms with E-state index in [9.17, 15) is 33.9 Å². The largest absolute Gasteiger partial charge is 0.481 e. The summed E-state index contributed by atoms with van der Waals surface area (Å²) in [5.41, 5.74) is 19.1. The number of anilines is 1. The number of amides is 5. The van der Waals surface area contributed by atoms with Crippen molar-refractivity contribution in [3.05, 3.63) is 131 Å². The maximum atomic E-state index is 13.4. The summed E-state index contributed by atoms with van der Waals surface area (Å²) in [6.07, 6.45) is 12.6. The first-order valence-corrected chi connectivity index (χ1v) is 27.9. The average molecular weight is 1060 g/mol. The van der Waals surface area contributed by atoms with Crippen molar-refractivity contribution in [3.63, 3.8) is 0 Å². The molecule has 0 radical (unpaired) electrons. The Morgan fingerprint density at radius 1 is 0.727 bits per heavy atom. The highest BCUT2D eigenvalue weighted by Crippen LogP contribution is 2.35. The van der Waals surface area contributed by atoms with Gasteiger partial charge in [0, 0.05) is 64.2 Å². The van der Waals surface area contributed by atoms with Gasteiger partial charge < -0.3 is 42.2 Å². The SMILES string of the molecule is CCOC(CCC(CCCC(=O)NCCCCc1ccc(CCC(N)=O)cc1CC(=O)NCc1ccc2nc[nH]c2c1)CC(=O)Nc1ccccc1)CCN1CC(CCc2ccccc2)C(CCCC(=O)O)CC1C(N)=O. The van der Waals surface area contributed by atoms with Crippen LogP contribution in [0.2, 0.25) is 0 Å². The molecule has 1 saturated heterocycles. The molecule has 4 aromatic carbocycles.